The second-order valence-corrected chi connectivity index (χ2v) is 5.08. The van der Waals surface area contributed by atoms with Crippen molar-refractivity contribution in [2.24, 2.45) is 0 Å². The molecule has 0 heterocycles. The van der Waals surface area contributed by atoms with E-state index in [0.29, 0.717) is 6.42 Å². The molecule has 2 heteroatoms. The second-order valence-electron chi connectivity index (χ2n) is 5.08. The first-order valence-electron chi connectivity index (χ1n) is 7.56. The number of benzene rings is 1. The minimum Gasteiger partial charge on any atom is -0.385 e. The maximum absolute atomic E-state index is 8.60. The molecule has 0 saturated heterocycles. The fourth-order valence-electron chi connectivity index (χ4n) is 2.15. The van der Waals surface area contributed by atoms with E-state index >= 15 is 0 Å². The summed E-state index contributed by atoms with van der Waals surface area (Å²) in [5, 5.41) is 12.0. The van der Waals surface area contributed by atoms with Gasteiger partial charge in [0.1, 0.15) is 0 Å². The third kappa shape index (κ3) is 7.51. The molecule has 0 spiro atoms. The van der Waals surface area contributed by atoms with Gasteiger partial charge in [-0.25, -0.2) is 0 Å². The van der Waals surface area contributed by atoms with E-state index in [1.165, 1.54) is 44.9 Å². The lowest BCUT2D eigenvalue weighted by Crippen LogP contribution is -2.01. The molecule has 2 nitrogen and oxygen atoms in total. The van der Waals surface area contributed by atoms with Gasteiger partial charge in [-0.1, -0.05) is 57.6 Å². The molecule has 0 unspecified atom stereocenters. The van der Waals surface area contributed by atoms with E-state index in [9.17, 15) is 0 Å². The first-order chi connectivity index (χ1) is 9.36. The van der Waals surface area contributed by atoms with Crippen LogP contribution in [0.4, 0.5) is 5.69 Å². The van der Waals surface area contributed by atoms with Crippen LogP contribution < -0.4 is 5.32 Å². The monoisotopic (exact) mass is 258 g/mol. The number of unbranched alkanes of at least 4 members (excludes halogenated alkanes) is 6. The molecule has 0 aliphatic carbocycles. The van der Waals surface area contributed by atoms with Crippen LogP contribution in [0.5, 0.6) is 0 Å². The van der Waals surface area contributed by atoms with Crippen LogP contribution in [0.25, 0.3) is 0 Å². The number of hydrogen-bond acceptors (Lipinski definition) is 2. The van der Waals surface area contributed by atoms with Crippen LogP contribution in [0.3, 0.4) is 0 Å². The van der Waals surface area contributed by atoms with Gasteiger partial charge >= 0.3 is 0 Å². The summed E-state index contributed by atoms with van der Waals surface area (Å²) in [6, 6.07) is 10.3. The zero-order valence-corrected chi connectivity index (χ0v) is 12.1. The lowest BCUT2D eigenvalue weighted by atomic mass is 10.1. The van der Waals surface area contributed by atoms with Crippen molar-refractivity contribution in [3.63, 3.8) is 0 Å². The van der Waals surface area contributed by atoms with Gasteiger partial charge in [-0.2, -0.15) is 5.26 Å². The van der Waals surface area contributed by atoms with Crippen molar-refractivity contribution in [1.29, 1.82) is 5.26 Å². The maximum atomic E-state index is 8.60. The van der Waals surface area contributed by atoms with E-state index in [1.54, 1.807) is 0 Å². The molecule has 0 atom stereocenters. The fraction of sp³-hybridized carbons (Fsp3) is 0.588. The molecule has 1 N–H and O–H groups in total. The topological polar surface area (TPSA) is 35.8 Å². The van der Waals surface area contributed by atoms with Crippen LogP contribution in [-0.2, 0) is 6.42 Å². The van der Waals surface area contributed by atoms with Crippen LogP contribution in [0.1, 0.15) is 57.4 Å². The van der Waals surface area contributed by atoms with Crippen molar-refractivity contribution < 1.29 is 0 Å². The number of nitrogens with one attached hydrogen (secondary N) is 1. The zero-order chi connectivity index (χ0) is 13.8. The van der Waals surface area contributed by atoms with Gasteiger partial charge in [0.05, 0.1) is 12.5 Å². The number of hydrogen-bond donors (Lipinski definition) is 1. The molecule has 1 aromatic rings. The van der Waals surface area contributed by atoms with Gasteiger partial charge in [0.25, 0.3) is 0 Å². The molecule has 0 aliphatic heterocycles. The number of nitrogens with zero attached hydrogens (tertiary/aromatic N) is 1. The molecule has 19 heavy (non-hydrogen) atoms. The van der Waals surface area contributed by atoms with Crippen LogP contribution in [0, 0.1) is 11.3 Å². The van der Waals surface area contributed by atoms with Crippen LogP contribution in [0.2, 0.25) is 0 Å². The van der Waals surface area contributed by atoms with Gasteiger partial charge in [0, 0.05) is 12.2 Å². The number of nitriles is 1. The van der Waals surface area contributed by atoms with E-state index in [4.69, 9.17) is 5.26 Å². The van der Waals surface area contributed by atoms with E-state index in [1.807, 2.05) is 12.1 Å². The minimum absolute atomic E-state index is 0.498. The van der Waals surface area contributed by atoms with Crippen molar-refractivity contribution in [3.8, 4) is 6.07 Å². The molecule has 0 radical (unpaired) electrons. The summed E-state index contributed by atoms with van der Waals surface area (Å²) in [7, 11) is 0. The van der Waals surface area contributed by atoms with Gasteiger partial charge in [0.2, 0.25) is 0 Å². The smallest absolute Gasteiger partial charge is 0.0669 e. The molecule has 1 rings (SSSR count). The average molecular weight is 258 g/mol. The Balaban J connectivity index is 2.04. The van der Waals surface area contributed by atoms with E-state index in [0.717, 1.165) is 17.8 Å². The molecule has 0 saturated carbocycles. The van der Waals surface area contributed by atoms with Gasteiger partial charge in [-0.15, -0.1) is 0 Å². The van der Waals surface area contributed by atoms with Gasteiger partial charge in [-0.05, 0) is 24.1 Å². The summed E-state index contributed by atoms with van der Waals surface area (Å²) >= 11 is 0. The van der Waals surface area contributed by atoms with E-state index in [2.05, 4.69) is 30.4 Å². The lowest BCUT2D eigenvalue weighted by molar-refractivity contribution is 0.596. The molecular formula is C17H26N2. The highest BCUT2D eigenvalue weighted by Gasteiger charge is 1.94. The molecule has 0 bridgehead atoms. The van der Waals surface area contributed by atoms with Gasteiger partial charge < -0.3 is 5.32 Å². The largest absolute Gasteiger partial charge is 0.385 e. The Labute approximate surface area is 117 Å². The Morgan fingerprint density at radius 1 is 0.947 bits per heavy atom. The van der Waals surface area contributed by atoms with Crippen LogP contribution in [0.15, 0.2) is 24.3 Å². The quantitative estimate of drug-likeness (QED) is 0.605. The Kier molecular flexibility index (Phi) is 8.55. The number of anilines is 1. The first kappa shape index (κ1) is 15.6. The predicted octanol–water partition coefficient (Wildman–Crippen LogP) is 4.92. The number of rotatable bonds is 10. The Bertz CT molecular complexity index is 362. The van der Waals surface area contributed by atoms with Crippen molar-refractivity contribution in [3.05, 3.63) is 29.8 Å². The minimum atomic E-state index is 0.498. The molecule has 0 aromatic heterocycles. The zero-order valence-electron chi connectivity index (χ0n) is 12.1. The van der Waals surface area contributed by atoms with Crippen molar-refractivity contribution in [1.82, 2.24) is 0 Å². The molecule has 104 valence electrons. The predicted molar refractivity (Wildman–Crippen MR) is 82.2 cm³/mol. The summed E-state index contributed by atoms with van der Waals surface area (Å²) < 4.78 is 0. The SMILES string of the molecule is CCCCCCCCCNc1ccc(CC#N)cc1. The van der Waals surface area contributed by atoms with Crippen LogP contribution >= 0.6 is 0 Å². The van der Waals surface area contributed by atoms with Crippen molar-refractivity contribution in [2.75, 3.05) is 11.9 Å². The molecule has 1 aromatic carbocycles. The van der Waals surface area contributed by atoms with Gasteiger partial charge in [0.15, 0.2) is 0 Å². The van der Waals surface area contributed by atoms with Crippen molar-refractivity contribution in [2.45, 2.75) is 58.3 Å². The average Bonchev–Trinajstić information content (AvgIpc) is 2.44. The first-order valence-corrected chi connectivity index (χ1v) is 7.56. The summed E-state index contributed by atoms with van der Waals surface area (Å²) in [5.74, 6) is 0. The Morgan fingerprint density at radius 2 is 1.58 bits per heavy atom. The Morgan fingerprint density at radius 3 is 2.21 bits per heavy atom. The van der Waals surface area contributed by atoms with E-state index < -0.39 is 0 Å². The lowest BCUT2D eigenvalue weighted by Gasteiger charge is -2.06. The molecular weight excluding hydrogens is 232 g/mol. The highest BCUT2D eigenvalue weighted by Crippen LogP contribution is 2.11. The van der Waals surface area contributed by atoms with Crippen LogP contribution in [-0.4, -0.2) is 6.54 Å². The standard InChI is InChI=1S/C17H26N2/c1-2-3-4-5-6-7-8-15-19-17-11-9-16(10-12-17)13-14-18/h9-12,19H,2-8,13,15H2,1H3. The second kappa shape index (κ2) is 10.4. The third-order valence-electron chi connectivity index (χ3n) is 3.35. The maximum Gasteiger partial charge on any atom is 0.0669 e. The normalized spacial score (nSPS) is 10.1. The third-order valence-corrected chi connectivity index (χ3v) is 3.35. The summed E-state index contributed by atoms with van der Waals surface area (Å²) in [6.45, 7) is 3.30. The summed E-state index contributed by atoms with van der Waals surface area (Å²) in [6.07, 6.45) is 9.91. The molecule has 0 aliphatic rings. The summed E-state index contributed by atoms with van der Waals surface area (Å²) in [5.41, 5.74) is 2.25. The molecule has 0 fully saturated rings. The fourth-order valence-corrected chi connectivity index (χ4v) is 2.15. The van der Waals surface area contributed by atoms with E-state index in [-0.39, 0.29) is 0 Å². The Hall–Kier alpha value is -1.49. The van der Waals surface area contributed by atoms with Gasteiger partial charge in [-0.3, -0.25) is 0 Å². The summed E-state index contributed by atoms with van der Waals surface area (Å²) in [4.78, 5) is 0. The highest BCUT2D eigenvalue weighted by atomic mass is 14.9. The highest BCUT2D eigenvalue weighted by molar-refractivity contribution is 5.44. The van der Waals surface area contributed by atoms with Crippen molar-refractivity contribution >= 4 is 5.69 Å². The molecule has 0 amide bonds.